The van der Waals surface area contributed by atoms with Crippen molar-refractivity contribution in [3.63, 3.8) is 0 Å². The number of hydrogen-bond donors (Lipinski definition) is 1. The fraction of sp³-hybridized carbons (Fsp3) is 0.455. The summed E-state index contributed by atoms with van der Waals surface area (Å²) < 4.78 is 59.0. The maximum absolute atomic E-state index is 12.0. The average Bonchev–Trinajstić information content (AvgIpc) is 2.23. The molecule has 0 fully saturated rings. The van der Waals surface area contributed by atoms with Gasteiger partial charge in [0, 0.05) is 29.9 Å². The molecule has 108 valence electrons. The van der Waals surface area contributed by atoms with E-state index in [0.29, 0.717) is 0 Å². The van der Waals surface area contributed by atoms with E-state index < -0.39 is 22.4 Å². The molecule has 0 unspecified atom stereocenters. The molecule has 8 heteroatoms. The monoisotopic (exact) mass is 315 g/mol. The van der Waals surface area contributed by atoms with Crippen molar-refractivity contribution in [1.82, 2.24) is 5.32 Å². The first-order valence-corrected chi connectivity index (χ1v) is 7.63. The van der Waals surface area contributed by atoms with Gasteiger partial charge in [-0.15, -0.1) is 0 Å². The summed E-state index contributed by atoms with van der Waals surface area (Å²) in [5.41, 5.74) is 0.286. The van der Waals surface area contributed by atoms with Crippen LogP contribution in [0.1, 0.15) is 12.0 Å². The summed E-state index contributed by atoms with van der Waals surface area (Å²) in [7, 11) is -3.47. The summed E-state index contributed by atoms with van der Waals surface area (Å²) in [6.07, 6.45) is -4.20. The predicted molar refractivity (Wildman–Crippen MR) is 66.9 cm³/mol. The molecule has 0 atom stereocenters. The lowest BCUT2D eigenvalue weighted by atomic mass is 10.2. The topological polar surface area (TPSA) is 46.2 Å². The highest BCUT2D eigenvalue weighted by Gasteiger charge is 2.26. The highest BCUT2D eigenvalue weighted by Crippen LogP contribution is 2.24. The van der Waals surface area contributed by atoms with Gasteiger partial charge in [0.25, 0.3) is 0 Å². The number of benzene rings is 1. The lowest BCUT2D eigenvalue weighted by molar-refractivity contribution is -0.133. The van der Waals surface area contributed by atoms with Crippen molar-refractivity contribution in [1.29, 1.82) is 0 Å². The summed E-state index contributed by atoms with van der Waals surface area (Å²) in [6.45, 7) is -0.323. The minimum atomic E-state index is -4.24. The number of nitrogens with one attached hydrogen (secondary N) is 1. The first-order chi connectivity index (χ1) is 8.61. The Labute approximate surface area is 114 Å². The van der Waals surface area contributed by atoms with Crippen molar-refractivity contribution in [2.24, 2.45) is 0 Å². The molecular weight excluding hydrogens is 303 g/mol. The van der Waals surface area contributed by atoms with E-state index in [0.717, 1.165) is 6.26 Å². The van der Waals surface area contributed by atoms with Crippen molar-refractivity contribution in [2.45, 2.75) is 24.0 Å². The standard InChI is InChI=1S/C11H13ClF3NO2S/c1-19(17,18)10-4-2-3-9(12)8(10)7-16-6-5-11(13,14)15/h2-4,16H,5-7H2,1H3. The van der Waals surface area contributed by atoms with Gasteiger partial charge in [0.1, 0.15) is 0 Å². The Bertz CT molecular complexity index is 543. The molecule has 1 N–H and O–H groups in total. The minimum Gasteiger partial charge on any atom is -0.312 e. The van der Waals surface area contributed by atoms with E-state index in [1.54, 1.807) is 0 Å². The molecule has 0 aliphatic rings. The number of sulfone groups is 1. The molecule has 0 bridgehead atoms. The van der Waals surface area contributed by atoms with Crippen LogP contribution < -0.4 is 5.32 Å². The zero-order valence-corrected chi connectivity index (χ0v) is 11.7. The van der Waals surface area contributed by atoms with Crippen molar-refractivity contribution in [3.05, 3.63) is 28.8 Å². The Morgan fingerprint density at radius 2 is 1.95 bits per heavy atom. The number of hydrogen-bond acceptors (Lipinski definition) is 3. The van der Waals surface area contributed by atoms with Crippen LogP contribution in [0.25, 0.3) is 0 Å². The lowest BCUT2D eigenvalue weighted by Crippen LogP contribution is -2.22. The third-order valence-corrected chi connectivity index (χ3v) is 3.90. The van der Waals surface area contributed by atoms with Gasteiger partial charge < -0.3 is 5.32 Å². The number of rotatable bonds is 5. The van der Waals surface area contributed by atoms with Crippen LogP contribution in [0.15, 0.2) is 23.1 Å². The van der Waals surface area contributed by atoms with Crippen LogP contribution in [-0.2, 0) is 16.4 Å². The van der Waals surface area contributed by atoms with Gasteiger partial charge in [0.2, 0.25) is 0 Å². The van der Waals surface area contributed by atoms with Gasteiger partial charge in [-0.3, -0.25) is 0 Å². The molecular formula is C11H13ClF3NO2S. The third kappa shape index (κ3) is 5.38. The van der Waals surface area contributed by atoms with E-state index in [1.807, 2.05) is 0 Å². The van der Waals surface area contributed by atoms with Crippen LogP contribution in [0.5, 0.6) is 0 Å². The highest BCUT2D eigenvalue weighted by molar-refractivity contribution is 7.90. The molecule has 19 heavy (non-hydrogen) atoms. The second kappa shape index (κ2) is 6.11. The van der Waals surface area contributed by atoms with E-state index in [9.17, 15) is 21.6 Å². The molecule has 0 radical (unpaired) electrons. The molecule has 0 aliphatic carbocycles. The molecule has 1 aromatic rings. The van der Waals surface area contributed by atoms with Crippen LogP contribution in [0.3, 0.4) is 0 Å². The van der Waals surface area contributed by atoms with E-state index in [2.05, 4.69) is 5.32 Å². The molecule has 1 rings (SSSR count). The second-order valence-electron chi connectivity index (χ2n) is 4.03. The van der Waals surface area contributed by atoms with Gasteiger partial charge in [0.15, 0.2) is 9.84 Å². The summed E-state index contributed by atoms with van der Waals surface area (Å²) in [4.78, 5) is 0.0273. The van der Waals surface area contributed by atoms with Gasteiger partial charge >= 0.3 is 6.18 Å². The van der Waals surface area contributed by atoms with Crippen LogP contribution in [0, 0.1) is 0 Å². The molecule has 0 aromatic heterocycles. The van der Waals surface area contributed by atoms with Gasteiger partial charge in [-0.25, -0.2) is 8.42 Å². The smallest absolute Gasteiger partial charge is 0.312 e. The third-order valence-electron chi connectivity index (χ3n) is 2.36. The van der Waals surface area contributed by atoms with E-state index >= 15 is 0 Å². The van der Waals surface area contributed by atoms with Crippen molar-refractivity contribution in [3.8, 4) is 0 Å². The quantitative estimate of drug-likeness (QED) is 0.850. The highest BCUT2D eigenvalue weighted by atomic mass is 35.5. The minimum absolute atomic E-state index is 0.0273. The number of alkyl halides is 3. The molecule has 0 saturated heterocycles. The SMILES string of the molecule is CS(=O)(=O)c1cccc(Cl)c1CNCCC(F)(F)F. The molecule has 0 amide bonds. The summed E-state index contributed by atoms with van der Waals surface area (Å²) in [6, 6.07) is 4.36. The first-order valence-electron chi connectivity index (χ1n) is 5.36. The van der Waals surface area contributed by atoms with Crippen molar-refractivity contribution < 1.29 is 21.6 Å². The van der Waals surface area contributed by atoms with Crippen LogP contribution in [-0.4, -0.2) is 27.4 Å². The van der Waals surface area contributed by atoms with Crippen molar-refractivity contribution >= 4 is 21.4 Å². The van der Waals surface area contributed by atoms with Crippen LogP contribution in [0.2, 0.25) is 5.02 Å². The van der Waals surface area contributed by atoms with E-state index in [-0.39, 0.29) is 28.6 Å². The van der Waals surface area contributed by atoms with E-state index in [4.69, 9.17) is 11.6 Å². The average molecular weight is 316 g/mol. The van der Waals surface area contributed by atoms with E-state index in [1.165, 1.54) is 18.2 Å². The Morgan fingerprint density at radius 1 is 1.32 bits per heavy atom. The molecule has 1 aromatic carbocycles. The summed E-state index contributed by atoms with van der Waals surface area (Å²) in [5, 5.41) is 2.75. The Kier molecular flexibility index (Phi) is 5.23. The summed E-state index contributed by atoms with van der Waals surface area (Å²) in [5.74, 6) is 0. The molecule has 0 saturated carbocycles. The molecule has 3 nitrogen and oxygen atoms in total. The fourth-order valence-corrected chi connectivity index (χ4v) is 2.75. The second-order valence-corrected chi connectivity index (χ2v) is 6.42. The largest absolute Gasteiger partial charge is 0.390 e. The number of halogens is 4. The van der Waals surface area contributed by atoms with Crippen LogP contribution >= 0.6 is 11.6 Å². The predicted octanol–water partition coefficient (Wildman–Crippen LogP) is 2.79. The van der Waals surface area contributed by atoms with Crippen LogP contribution in [0.4, 0.5) is 13.2 Å². The maximum atomic E-state index is 12.0. The van der Waals surface area contributed by atoms with Gasteiger partial charge in [-0.1, -0.05) is 17.7 Å². The normalized spacial score (nSPS) is 12.7. The Morgan fingerprint density at radius 3 is 2.47 bits per heavy atom. The lowest BCUT2D eigenvalue weighted by Gasteiger charge is -2.12. The zero-order chi connectivity index (χ0) is 14.7. The maximum Gasteiger partial charge on any atom is 0.390 e. The van der Waals surface area contributed by atoms with Gasteiger partial charge in [-0.2, -0.15) is 13.2 Å². The first kappa shape index (κ1) is 16.3. The van der Waals surface area contributed by atoms with Gasteiger partial charge in [-0.05, 0) is 12.1 Å². The molecule has 0 spiro atoms. The Balaban J connectivity index is 2.79. The Hall–Kier alpha value is -0.790. The molecule has 0 heterocycles. The zero-order valence-electron chi connectivity index (χ0n) is 10.1. The van der Waals surface area contributed by atoms with Crippen molar-refractivity contribution in [2.75, 3.05) is 12.8 Å². The van der Waals surface area contributed by atoms with Gasteiger partial charge in [0.05, 0.1) is 11.3 Å². The summed E-state index contributed by atoms with van der Waals surface area (Å²) >= 11 is 5.88. The molecule has 0 aliphatic heterocycles. The fourth-order valence-electron chi connectivity index (χ4n) is 1.50.